The summed E-state index contributed by atoms with van der Waals surface area (Å²) < 4.78 is 3.92. The number of hydrogen-bond donors (Lipinski definition) is 0. The number of benzene rings is 1. The van der Waals surface area contributed by atoms with E-state index in [0.29, 0.717) is 11.3 Å². The molecule has 1 aromatic carbocycles. The van der Waals surface area contributed by atoms with Gasteiger partial charge in [0.05, 0.1) is 5.69 Å². The van der Waals surface area contributed by atoms with Gasteiger partial charge in [0, 0.05) is 11.8 Å². The second-order valence-electron chi connectivity index (χ2n) is 5.29. The molecule has 0 amide bonds. The van der Waals surface area contributed by atoms with E-state index in [9.17, 15) is 4.79 Å². The molecule has 0 spiro atoms. The van der Waals surface area contributed by atoms with Crippen molar-refractivity contribution in [2.24, 2.45) is 0 Å². The van der Waals surface area contributed by atoms with Gasteiger partial charge in [0.25, 0.3) is 0 Å². The summed E-state index contributed by atoms with van der Waals surface area (Å²) in [6, 6.07) is 9.76. The zero-order valence-corrected chi connectivity index (χ0v) is 11.6. The number of Topliss-reactive ketones (excluding diaryl/α,β-unsaturated/α-hetero) is 1. The highest BCUT2D eigenvalue weighted by Crippen LogP contribution is 2.26. The van der Waals surface area contributed by atoms with Gasteiger partial charge in [0.15, 0.2) is 5.78 Å². The van der Waals surface area contributed by atoms with Crippen LogP contribution in [0.5, 0.6) is 0 Å². The Morgan fingerprint density at radius 1 is 1.22 bits per heavy atom. The lowest BCUT2D eigenvalue weighted by molar-refractivity contribution is 0.0994. The largest absolute Gasteiger partial charge is 0.293 e. The Morgan fingerprint density at radius 3 is 2.50 bits per heavy atom. The molecule has 0 saturated carbocycles. The van der Waals surface area contributed by atoms with Crippen LogP contribution < -0.4 is 0 Å². The van der Waals surface area contributed by atoms with Crippen LogP contribution in [-0.4, -0.2) is 15.4 Å². The van der Waals surface area contributed by atoms with Crippen LogP contribution in [-0.2, 0) is 11.8 Å². The molecule has 0 saturated heterocycles. The molecular formula is C14H16N2OS. The van der Waals surface area contributed by atoms with E-state index in [1.54, 1.807) is 0 Å². The average Bonchev–Trinajstić information content (AvgIpc) is 2.79. The molecule has 1 aromatic heterocycles. The molecule has 2 aromatic rings. The predicted octanol–water partition coefficient (Wildman–Crippen LogP) is 3.26. The molecule has 3 nitrogen and oxygen atoms in total. The van der Waals surface area contributed by atoms with Gasteiger partial charge in [-0.2, -0.15) is 0 Å². The van der Waals surface area contributed by atoms with Crippen LogP contribution in [0.4, 0.5) is 0 Å². The molecule has 0 fully saturated rings. The molecule has 0 atom stereocenters. The van der Waals surface area contributed by atoms with Crippen molar-refractivity contribution in [1.29, 1.82) is 0 Å². The highest BCUT2D eigenvalue weighted by molar-refractivity contribution is 7.08. The van der Waals surface area contributed by atoms with Gasteiger partial charge in [0.1, 0.15) is 4.88 Å². The first-order valence-corrected chi connectivity index (χ1v) is 6.66. The molecule has 0 bridgehead atoms. The first kappa shape index (κ1) is 12.9. The van der Waals surface area contributed by atoms with Crippen molar-refractivity contribution in [2.75, 3.05) is 0 Å². The van der Waals surface area contributed by atoms with Crippen molar-refractivity contribution >= 4 is 17.3 Å². The van der Waals surface area contributed by atoms with E-state index in [1.165, 1.54) is 11.5 Å². The third-order valence-electron chi connectivity index (χ3n) is 2.66. The van der Waals surface area contributed by atoms with Gasteiger partial charge in [-0.15, -0.1) is 5.10 Å². The smallest absolute Gasteiger partial charge is 0.180 e. The maximum absolute atomic E-state index is 12.3. The van der Waals surface area contributed by atoms with E-state index in [-0.39, 0.29) is 11.2 Å². The van der Waals surface area contributed by atoms with Gasteiger partial charge in [-0.3, -0.25) is 4.79 Å². The Bertz CT molecular complexity index is 540. The van der Waals surface area contributed by atoms with Gasteiger partial charge < -0.3 is 0 Å². The Balaban J connectivity index is 2.23. The van der Waals surface area contributed by atoms with Crippen LogP contribution in [0.3, 0.4) is 0 Å². The SMILES string of the molecule is CC(C)(C)c1nnsc1C(=O)Cc1ccccc1. The van der Waals surface area contributed by atoms with Crippen molar-refractivity contribution in [3.05, 3.63) is 46.5 Å². The molecular weight excluding hydrogens is 244 g/mol. The Kier molecular flexibility index (Phi) is 3.57. The summed E-state index contributed by atoms with van der Waals surface area (Å²) >= 11 is 1.19. The summed E-state index contributed by atoms with van der Waals surface area (Å²) in [6.45, 7) is 6.13. The minimum Gasteiger partial charge on any atom is -0.293 e. The number of ketones is 1. The maximum Gasteiger partial charge on any atom is 0.180 e. The van der Waals surface area contributed by atoms with Crippen molar-refractivity contribution in [3.8, 4) is 0 Å². The van der Waals surface area contributed by atoms with Crippen LogP contribution >= 0.6 is 11.5 Å². The fourth-order valence-corrected chi connectivity index (χ4v) is 2.54. The van der Waals surface area contributed by atoms with Gasteiger partial charge in [-0.05, 0) is 17.1 Å². The Hall–Kier alpha value is -1.55. The molecule has 94 valence electrons. The molecule has 0 unspecified atom stereocenters. The quantitative estimate of drug-likeness (QED) is 0.795. The molecule has 4 heteroatoms. The fraction of sp³-hybridized carbons (Fsp3) is 0.357. The third kappa shape index (κ3) is 2.82. The van der Waals surface area contributed by atoms with Gasteiger partial charge in [0.2, 0.25) is 0 Å². The van der Waals surface area contributed by atoms with Crippen LogP contribution in [0.25, 0.3) is 0 Å². The summed E-state index contributed by atoms with van der Waals surface area (Å²) in [6.07, 6.45) is 0.411. The van der Waals surface area contributed by atoms with Crippen molar-refractivity contribution in [2.45, 2.75) is 32.6 Å². The molecule has 18 heavy (non-hydrogen) atoms. The van der Waals surface area contributed by atoms with E-state index in [2.05, 4.69) is 9.59 Å². The first-order chi connectivity index (χ1) is 8.48. The van der Waals surface area contributed by atoms with Crippen LogP contribution in [0.15, 0.2) is 30.3 Å². The number of carbonyl (C=O) groups excluding carboxylic acids is 1. The van der Waals surface area contributed by atoms with E-state index >= 15 is 0 Å². The average molecular weight is 260 g/mol. The van der Waals surface area contributed by atoms with E-state index < -0.39 is 0 Å². The topological polar surface area (TPSA) is 42.9 Å². The minimum absolute atomic E-state index is 0.0983. The second kappa shape index (κ2) is 4.98. The summed E-state index contributed by atoms with van der Waals surface area (Å²) in [5.74, 6) is 0.0983. The number of aromatic nitrogens is 2. The molecule has 0 aliphatic heterocycles. The van der Waals surface area contributed by atoms with Gasteiger partial charge in [-0.25, -0.2) is 0 Å². The van der Waals surface area contributed by atoms with Crippen molar-refractivity contribution in [3.63, 3.8) is 0 Å². The summed E-state index contributed by atoms with van der Waals surface area (Å²) in [5, 5.41) is 4.10. The van der Waals surface area contributed by atoms with Crippen LogP contribution in [0.1, 0.15) is 41.7 Å². The van der Waals surface area contributed by atoms with Crippen LogP contribution in [0, 0.1) is 0 Å². The minimum atomic E-state index is -0.144. The number of hydrogen-bond acceptors (Lipinski definition) is 4. The van der Waals surface area contributed by atoms with E-state index in [1.807, 2.05) is 51.1 Å². The highest BCUT2D eigenvalue weighted by atomic mass is 32.1. The highest BCUT2D eigenvalue weighted by Gasteiger charge is 2.26. The summed E-state index contributed by atoms with van der Waals surface area (Å²) in [5.41, 5.74) is 1.68. The lowest BCUT2D eigenvalue weighted by atomic mass is 9.90. The van der Waals surface area contributed by atoms with Gasteiger partial charge in [-0.1, -0.05) is 55.6 Å². The maximum atomic E-state index is 12.3. The lowest BCUT2D eigenvalue weighted by Crippen LogP contribution is -2.17. The van der Waals surface area contributed by atoms with Crippen molar-refractivity contribution in [1.82, 2.24) is 9.59 Å². The second-order valence-corrected chi connectivity index (χ2v) is 6.04. The Morgan fingerprint density at radius 2 is 1.89 bits per heavy atom. The first-order valence-electron chi connectivity index (χ1n) is 5.88. The number of rotatable bonds is 3. The molecule has 1 heterocycles. The molecule has 0 N–H and O–H groups in total. The number of carbonyl (C=O) groups is 1. The van der Waals surface area contributed by atoms with Crippen molar-refractivity contribution < 1.29 is 4.79 Å². The normalized spacial score (nSPS) is 11.5. The lowest BCUT2D eigenvalue weighted by Gasteiger charge is -2.15. The predicted molar refractivity (Wildman–Crippen MR) is 73.1 cm³/mol. The van der Waals surface area contributed by atoms with Gasteiger partial charge >= 0.3 is 0 Å². The Labute approximate surface area is 111 Å². The zero-order valence-electron chi connectivity index (χ0n) is 10.8. The standard InChI is InChI=1S/C14H16N2OS/c1-14(2,3)13-12(18-16-15-13)11(17)9-10-7-5-4-6-8-10/h4-8H,9H2,1-3H3. The summed E-state index contributed by atoms with van der Waals surface area (Å²) in [4.78, 5) is 13.0. The molecule has 0 radical (unpaired) electrons. The van der Waals surface area contributed by atoms with Crippen LogP contribution in [0.2, 0.25) is 0 Å². The molecule has 0 aliphatic carbocycles. The number of nitrogens with zero attached hydrogens (tertiary/aromatic N) is 2. The molecule has 0 aliphatic rings. The fourth-order valence-electron chi connectivity index (χ4n) is 1.73. The monoisotopic (exact) mass is 260 g/mol. The zero-order chi connectivity index (χ0) is 13.2. The third-order valence-corrected chi connectivity index (χ3v) is 3.43. The van der Waals surface area contributed by atoms with E-state index in [4.69, 9.17) is 0 Å². The molecule has 2 rings (SSSR count). The summed E-state index contributed by atoms with van der Waals surface area (Å²) in [7, 11) is 0. The van der Waals surface area contributed by atoms with E-state index in [0.717, 1.165) is 11.3 Å².